The lowest BCUT2D eigenvalue weighted by Gasteiger charge is -2.32. The lowest BCUT2D eigenvalue weighted by molar-refractivity contribution is -0.139. The Balaban J connectivity index is 2.00. The van der Waals surface area contributed by atoms with Crippen molar-refractivity contribution in [1.29, 1.82) is 0 Å². The number of hydrogen-bond donors (Lipinski definition) is 1. The highest BCUT2D eigenvalue weighted by Gasteiger charge is 2.32. The first-order valence-corrected chi connectivity index (χ1v) is 14.9. The van der Waals surface area contributed by atoms with Crippen LogP contribution in [0.25, 0.3) is 0 Å². The first-order chi connectivity index (χ1) is 19.1. The highest BCUT2D eigenvalue weighted by atomic mass is 35.5. The minimum absolute atomic E-state index is 0.0214. The first-order valence-electron chi connectivity index (χ1n) is 13.1. The van der Waals surface area contributed by atoms with Gasteiger partial charge >= 0.3 is 0 Å². The third-order valence-electron chi connectivity index (χ3n) is 6.69. The summed E-state index contributed by atoms with van der Waals surface area (Å²) in [4.78, 5) is 28.5. The van der Waals surface area contributed by atoms with Crippen LogP contribution in [-0.2, 0) is 26.0 Å². The molecule has 3 aromatic rings. The number of anilines is 1. The molecule has 1 N–H and O–H groups in total. The Labute approximate surface area is 241 Å². The number of benzene rings is 3. The topological polar surface area (TPSA) is 96.0 Å². The SMILES string of the molecule is CCC(C)NC(=O)C(C)N(CCc1ccccc1)C(=O)CN(c1ccc(OC)c(Cl)c1)S(=O)(=O)c1ccccc1. The molecule has 2 atom stereocenters. The van der Waals surface area contributed by atoms with Crippen molar-refractivity contribution in [2.24, 2.45) is 0 Å². The molecule has 0 saturated carbocycles. The molecule has 0 bridgehead atoms. The van der Waals surface area contributed by atoms with E-state index in [2.05, 4.69) is 5.32 Å². The zero-order chi connectivity index (χ0) is 29.3. The molecular formula is C30H36ClN3O5S. The van der Waals surface area contributed by atoms with Gasteiger partial charge in [0.25, 0.3) is 10.0 Å². The fraction of sp³-hybridized carbons (Fsp3) is 0.333. The van der Waals surface area contributed by atoms with Gasteiger partial charge in [-0.15, -0.1) is 0 Å². The molecule has 0 aliphatic heterocycles. The van der Waals surface area contributed by atoms with E-state index in [-0.39, 0.29) is 34.1 Å². The maximum Gasteiger partial charge on any atom is 0.264 e. The quantitative estimate of drug-likeness (QED) is 0.307. The second-order valence-corrected chi connectivity index (χ2v) is 11.7. The van der Waals surface area contributed by atoms with Gasteiger partial charge in [0.05, 0.1) is 22.7 Å². The van der Waals surface area contributed by atoms with Crippen LogP contribution >= 0.6 is 11.6 Å². The third kappa shape index (κ3) is 7.76. The number of carbonyl (C=O) groups is 2. The summed E-state index contributed by atoms with van der Waals surface area (Å²) in [6, 6.07) is 21.1. The number of carbonyl (C=O) groups excluding carboxylic acids is 2. The van der Waals surface area contributed by atoms with Gasteiger partial charge in [-0.3, -0.25) is 13.9 Å². The molecule has 0 aliphatic rings. The van der Waals surface area contributed by atoms with Crippen LogP contribution in [0.5, 0.6) is 5.75 Å². The Kier molecular flexibility index (Phi) is 11.0. The van der Waals surface area contributed by atoms with Crippen LogP contribution in [0.4, 0.5) is 5.69 Å². The van der Waals surface area contributed by atoms with E-state index in [9.17, 15) is 18.0 Å². The van der Waals surface area contributed by atoms with Crippen LogP contribution in [-0.4, -0.2) is 57.4 Å². The Hall–Kier alpha value is -3.56. The maximum atomic E-state index is 13.9. The van der Waals surface area contributed by atoms with E-state index in [1.54, 1.807) is 31.2 Å². The van der Waals surface area contributed by atoms with E-state index >= 15 is 0 Å². The zero-order valence-electron chi connectivity index (χ0n) is 23.2. The van der Waals surface area contributed by atoms with Crippen LogP contribution in [0.2, 0.25) is 5.02 Å². The largest absolute Gasteiger partial charge is 0.495 e. The maximum absolute atomic E-state index is 13.9. The van der Waals surface area contributed by atoms with Gasteiger partial charge in [-0.05, 0) is 62.6 Å². The van der Waals surface area contributed by atoms with Crippen molar-refractivity contribution in [3.8, 4) is 5.75 Å². The van der Waals surface area contributed by atoms with E-state index in [1.807, 2.05) is 44.2 Å². The number of hydrogen-bond acceptors (Lipinski definition) is 5. The highest BCUT2D eigenvalue weighted by Crippen LogP contribution is 2.32. The van der Waals surface area contributed by atoms with Gasteiger partial charge < -0.3 is 15.0 Å². The summed E-state index contributed by atoms with van der Waals surface area (Å²) in [5.41, 5.74) is 1.19. The van der Waals surface area contributed by atoms with E-state index in [0.717, 1.165) is 16.3 Å². The normalized spacial score (nSPS) is 12.7. The number of methoxy groups -OCH3 is 1. The number of halogens is 1. The van der Waals surface area contributed by atoms with Gasteiger partial charge in [-0.25, -0.2) is 8.42 Å². The average Bonchev–Trinajstić information content (AvgIpc) is 2.96. The van der Waals surface area contributed by atoms with E-state index in [4.69, 9.17) is 16.3 Å². The van der Waals surface area contributed by atoms with Crippen molar-refractivity contribution >= 4 is 39.1 Å². The van der Waals surface area contributed by atoms with Crippen molar-refractivity contribution in [2.75, 3.05) is 24.5 Å². The smallest absolute Gasteiger partial charge is 0.264 e. The van der Waals surface area contributed by atoms with Crippen LogP contribution in [0, 0.1) is 0 Å². The molecule has 40 heavy (non-hydrogen) atoms. The van der Waals surface area contributed by atoms with Gasteiger partial charge in [0.2, 0.25) is 11.8 Å². The molecular weight excluding hydrogens is 550 g/mol. The van der Waals surface area contributed by atoms with Crippen molar-refractivity contribution < 1.29 is 22.7 Å². The van der Waals surface area contributed by atoms with Crippen LogP contribution in [0.15, 0.2) is 83.8 Å². The molecule has 8 nitrogen and oxygen atoms in total. The van der Waals surface area contributed by atoms with Crippen molar-refractivity contribution in [1.82, 2.24) is 10.2 Å². The molecule has 0 saturated heterocycles. The first kappa shape index (κ1) is 31.0. The second-order valence-electron chi connectivity index (χ2n) is 9.46. The second kappa shape index (κ2) is 14.2. The zero-order valence-corrected chi connectivity index (χ0v) is 24.8. The van der Waals surface area contributed by atoms with Crippen molar-refractivity contribution in [3.63, 3.8) is 0 Å². The Morgan fingerprint density at radius 3 is 2.17 bits per heavy atom. The fourth-order valence-corrected chi connectivity index (χ4v) is 5.77. The average molecular weight is 586 g/mol. The Morgan fingerprint density at radius 1 is 0.975 bits per heavy atom. The summed E-state index contributed by atoms with van der Waals surface area (Å²) < 4.78 is 33.9. The van der Waals surface area contributed by atoms with Gasteiger partial charge in [0.15, 0.2) is 0 Å². The number of nitrogens with zero attached hydrogens (tertiary/aromatic N) is 2. The summed E-state index contributed by atoms with van der Waals surface area (Å²) in [5.74, 6) is -0.455. The van der Waals surface area contributed by atoms with E-state index in [0.29, 0.717) is 12.2 Å². The van der Waals surface area contributed by atoms with Gasteiger partial charge in [-0.1, -0.05) is 67.1 Å². The fourth-order valence-electron chi connectivity index (χ4n) is 4.09. The predicted octanol–water partition coefficient (Wildman–Crippen LogP) is 4.92. The molecule has 2 unspecified atom stereocenters. The molecule has 0 aromatic heterocycles. The molecule has 0 spiro atoms. The van der Waals surface area contributed by atoms with E-state index < -0.39 is 28.5 Å². The molecule has 3 rings (SSSR count). The minimum Gasteiger partial charge on any atom is -0.495 e. The van der Waals surface area contributed by atoms with Crippen LogP contribution in [0.1, 0.15) is 32.8 Å². The number of ether oxygens (including phenoxy) is 1. The number of amides is 2. The summed E-state index contributed by atoms with van der Waals surface area (Å²) in [6.45, 7) is 5.19. The highest BCUT2D eigenvalue weighted by molar-refractivity contribution is 7.92. The lowest BCUT2D eigenvalue weighted by atomic mass is 10.1. The van der Waals surface area contributed by atoms with Crippen LogP contribution in [0.3, 0.4) is 0 Å². The van der Waals surface area contributed by atoms with E-state index in [1.165, 1.54) is 36.3 Å². The third-order valence-corrected chi connectivity index (χ3v) is 8.77. The summed E-state index contributed by atoms with van der Waals surface area (Å²) in [6.07, 6.45) is 1.23. The standard InChI is InChI=1S/C30H36ClN3O5S/c1-5-22(2)32-30(36)23(3)33(19-18-24-12-8-6-9-13-24)29(35)21-34(25-16-17-28(39-4)27(31)20-25)40(37,38)26-14-10-7-11-15-26/h6-17,20,22-23H,5,18-19,21H2,1-4H3,(H,32,36). The Morgan fingerprint density at radius 2 is 1.60 bits per heavy atom. The molecule has 0 aliphatic carbocycles. The van der Waals surface area contributed by atoms with Gasteiger partial charge in [0, 0.05) is 12.6 Å². The van der Waals surface area contributed by atoms with Crippen LogP contribution < -0.4 is 14.4 Å². The summed E-state index contributed by atoms with van der Waals surface area (Å²) in [5, 5.41) is 3.13. The summed E-state index contributed by atoms with van der Waals surface area (Å²) in [7, 11) is -2.71. The molecule has 0 fully saturated rings. The number of rotatable bonds is 13. The molecule has 0 radical (unpaired) electrons. The Bertz CT molecular complexity index is 1390. The molecule has 3 aromatic carbocycles. The predicted molar refractivity (Wildman–Crippen MR) is 158 cm³/mol. The van der Waals surface area contributed by atoms with Gasteiger partial charge in [0.1, 0.15) is 18.3 Å². The molecule has 2 amide bonds. The minimum atomic E-state index is -4.17. The molecule has 10 heteroatoms. The lowest BCUT2D eigenvalue weighted by Crippen LogP contribution is -2.53. The van der Waals surface area contributed by atoms with Crippen molar-refractivity contribution in [2.45, 2.75) is 50.6 Å². The number of sulfonamides is 1. The monoisotopic (exact) mass is 585 g/mol. The van der Waals surface area contributed by atoms with Crippen molar-refractivity contribution in [3.05, 3.63) is 89.4 Å². The molecule has 0 heterocycles. The molecule has 214 valence electrons. The van der Waals surface area contributed by atoms with Gasteiger partial charge in [-0.2, -0.15) is 0 Å². The number of nitrogens with one attached hydrogen (secondary N) is 1. The summed E-state index contributed by atoms with van der Waals surface area (Å²) >= 11 is 6.35.